The van der Waals surface area contributed by atoms with Gasteiger partial charge in [0, 0.05) is 36.2 Å². The largest absolute Gasteiger partial charge is 0.471 e. The number of hydrogen-bond acceptors (Lipinski definition) is 7. The molecule has 0 aliphatic heterocycles. The summed E-state index contributed by atoms with van der Waals surface area (Å²) in [5.41, 5.74) is 0.291. The lowest BCUT2D eigenvalue weighted by atomic mass is 9.70. The highest BCUT2D eigenvalue weighted by Gasteiger charge is 2.31. The number of nitrogens with one attached hydrogen (secondary N) is 1. The average molecular weight is 470 g/mol. The van der Waals surface area contributed by atoms with Gasteiger partial charge in [0.1, 0.15) is 6.29 Å². The topological polar surface area (TPSA) is 119 Å². The molecule has 1 aromatic rings. The highest BCUT2D eigenvalue weighted by atomic mass is 16.6. The molecule has 1 rings (SSSR count). The second-order valence-electron chi connectivity index (χ2n) is 8.38. The molecule has 0 radical (unpaired) electrons. The normalized spacial score (nSPS) is 10.2. The second kappa shape index (κ2) is 18.7. The number of non-ortho nitro benzene ring substituents is 1. The first kappa shape index (κ1) is 34.8. The first-order valence-corrected chi connectivity index (χ1v) is 10.9. The van der Waals surface area contributed by atoms with Gasteiger partial charge >= 0.3 is 0 Å². The van der Waals surface area contributed by atoms with Crippen molar-refractivity contribution in [1.29, 1.82) is 0 Å². The molecule has 0 aliphatic carbocycles. The summed E-state index contributed by atoms with van der Waals surface area (Å²) in [6, 6.07) is 5.56. The quantitative estimate of drug-likeness (QED) is 0.341. The van der Waals surface area contributed by atoms with Crippen LogP contribution in [-0.4, -0.2) is 62.3 Å². The molecule has 33 heavy (non-hydrogen) atoms. The van der Waals surface area contributed by atoms with Crippen LogP contribution in [0.25, 0.3) is 0 Å². The number of benzene rings is 1. The smallest absolute Gasteiger partial charge is 0.292 e. The van der Waals surface area contributed by atoms with E-state index in [2.05, 4.69) is 35.7 Å². The van der Waals surface area contributed by atoms with Gasteiger partial charge in [-0.05, 0) is 31.1 Å². The number of hydrogen-bond donors (Lipinski definition) is 1. The Kier molecular flexibility index (Phi) is 19.8. The molecule has 9 nitrogen and oxygen atoms in total. The molecular weight excluding hydrogens is 426 g/mol. The lowest BCUT2D eigenvalue weighted by Crippen LogP contribution is -2.32. The van der Waals surface area contributed by atoms with Crippen molar-refractivity contribution in [2.45, 2.75) is 55.4 Å². The molecule has 0 spiro atoms. The van der Waals surface area contributed by atoms with Crippen LogP contribution in [0.15, 0.2) is 24.3 Å². The predicted molar refractivity (Wildman–Crippen MR) is 132 cm³/mol. The molecule has 0 bridgehead atoms. The van der Waals surface area contributed by atoms with Crippen molar-refractivity contribution < 1.29 is 24.0 Å². The number of likely N-dealkylation sites (N-methyl/N-ethyl adjacent to an activating group) is 1. The minimum atomic E-state index is -0.488. The summed E-state index contributed by atoms with van der Waals surface area (Å²) in [5.74, 6) is -0.214. The zero-order valence-electron chi connectivity index (χ0n) is 21.9. The Morgan fingerprint density at radius 1 is 1.12 bits per heavy atom. The van der Waals surface area contributed by atoms with E-state index in [4.69, 9.17) is 4.79 Å². The molecular formula is C24H43N3O6. The molecule has 0 saturated heterocycles. The van der Waals surface area contributed by atoms with Gasteiger partial charge in [-0.15, -0.1) is 0 Å². The molecule has 0 aliphatic rings. The fourth-order valence-corrected chi connectivity index (χ4v) is 1.53. The average Bonchev–Trinajstić information content (AvgIpc) is 2.80. The van der Waals surface area contributed by atoms with Crippen LogP contribution in [0.5, 0.6) is 0 Å². The molecule has 190 valence electrons. The number of ether oxygens (including phenoxy) is 1. The summed E-state index contributed by atoms with van der Waals surface area (Å²) in [6.07, 6.45) is 1.02. The van der Waals surface area contributed by atoms with Gasteiger partial charge in [-0.25, -0.2) is 0 Å². The molecule has 0 saturated carbocycles. The molecule has 9 heteroatoms. The first-order valence-electron chi connectivity index (χ1n) is 10.9. The number of carbonyl (C=O) groups excluding carboxylic acids is 3. The predicted octanol–water partition coefficient (Wildman–Crippen LogP) is 4.35. The highest BCUT2D eigenvalue weighted by molar-refractivity contribution is 5.94. The van der Waals surface area contributed by atoms with Gasteiger partial charge in [0.15, 0.2) is 0 Å². The van der Waals surface area contributed by atoms with E-state index >= 15 is 0 Å². The standard InChI is InChI=1S/C12H17N3O3.C8H16O.C2H4O2.C2H6/c1-3-14(2)9-8-13-12(16)10-4-6-11(7-5-10)15(17)18;1-7(2,3)8(4,5)6-9;1-4-2-3;1-2/h4-7H,3,8-9H2,1-2H3,(H,13,16);6H,1-5H3;2H,1H3;1-2H3. The minimum absolute atomic E-state index is 0.0164. The molecule has 1 amide bonds. The van der Waals surface area contributed by atoms with E-state index in [9.17, 15) is 19.7 Å². The molecule has 0 fully saturated rings. The Hall–Kier alpha value is -2.81. The van der Waals surface area contributed by atoms with Crippen molar-refractivity contribution in [3.63, 3.8) is 0 Å². The van der Waals surface area contributed by atoms with Gasteiger partial charge in [-0.2, -0.15) is 0 Å². The van der Waals surface area contributed by atoms with Crippen molar-refractivity contribution in [3.05, 3.63) is 39.9 Å². The summed E-state index contributed by atoms with van der Waals surface area (Å²) >= 11 is 0. The van der Waals surface area contributed by atoms with E-state index in [1.807, 2.05) is 41.7 Å². The van der Waals surface area contributed by atoms with Gasteiger partial charge in [0.05, 0.1) is 12.0 Å². The first-order chi connectivity index (χ1) is 15.3. The van der Waals surface area contributed by atoms with E-state index in [0.717, 1.165) is 19.4 Å². The van der Waals surface area contributed by atoms with Crippen LogP contribution in [0.4, 0.5) is 5.69 Å². The lowest BCUT2D eigenvalue weighted by Gasteiger charge is -2.33. The maximum absolute atomic E-state index is 11.7. The Morgan fingerprint density at radius 3 is 1.85 bits per heavy atom. The van der Waals surface area contributed by atoms with Crippen molar-refractivity contribution >= 4 is 24.4 Å². The Labute approximate surface area is 199 Å². The third kappa shape index (κ3) is 16.5. The van der Waals surface area contributed by atoms with Gasteiger partial charge < -0.3 is 19.7 Å². The van der Waals surface area contributed by atoms with Crippen molar-refractivity contribution in [2.24, 2.45) is 10.8 Å². The monoisotopic (exact) mass is 469 g/mol. The fraction of sp³-hybridized carbons (Fsp3) is 0.625. The van der Waals surface area contributed by atoms with Crippen LogP contribution >= 0.6 is 0 Å². The lowest BCUT2D eigenvalue weighted by molar-refractivity contribution is -0.384. The zero-order chi connectivity index (χ0) is 26.7. The second-order valence-corrected chi connectivity index (χ2v) is 8.38. The summed E-state index contributed by atoms with van der Waals surface area (Å²) < 4.78 is 3.86. The summed E-state index contributed by atoms with van der Waals surface area (Å²) in [4.78, 5) is 43.2. The number of carbonyl (C=O) groups is 3. The number of methoxy groups -OCH3 is 1. The van der Waals surface area contributed by atoms with Crippen molar-refractivity contribution in [2.75, 3.05) is 33.8 Å². The summed E-state index contributed by atoms with van der Waals surface area (Å²) in [7, 11) is 3.28. The fourth-order valence-electron chi connectivity index (χ4n) is 1.53. The molecule has 0 heterocycles. The van der Waals surface area contributed by atoms with Crippen LogP contribution in [0.2, 0.25) is 0 Å². The number of nitrogens with zero attached hydrogens (tertiary/aromatic N) is 2. The van der Waals surface area contributed by atoms with Crippen LogP contribution in [-0.2, 0) is 14.3 Å². The molecule has 0 unspecified atom stereocenters. The Bertz CT molecular complexity index is 682. The molecule has 0 atom stereocenters. The van der Waals surface area contributed by atoms with E-state index in [-0.39, 0.29) is 22.4 Å². The number of amides is 1. The van der Waals surface area contributed by atoms with Gasteiger partial charge in [-0.1, -0.05) is 55.4 Å². The van der Waals surface area contributed by atoms with Crippen LogP contribution in [0, 0.1) is 20.9 Å². The zero-order valence-corrected chi connectivity index (χ0v) is 21.9. The van der Waals surface area contributed by atoms with Gasteiger partial charge in [0.2, 0.25) is 0 Å². The number of aldehydes is 1. The van der Waals surface area contributed by atoms with Crippen LogP contribution in [0.3, 0.4) is 0 Å². The molecule has 1 aromatic carbocycles. The summed E-state index contributed by atoms with van der Waals surface area (Å²) in [6.45, 7) is 18.8. The summed E-state index contributed by atoms with van der Waals surface area (Å²) in [5, 5.41) is 13.2. The van der Waals surface area contributed by atoms with Crippen LogP contribution in [0.1, 0.15) is 65.7 Å². The maximum Gasteiger partial charge on any atom is 0.292 e. The minimum Gasteiger partial charge on any atom is -0.471 e. The third-order valence-electron chi connectivity index (χ3n) is 4.98. The van der Waals surface area contributed by atoms with E-state index in [0.29, 0.717) is 18.6 Å². The number of rotatable bonds is 8. The van der Waals surface area contributed by atoms with E-state index in [1.165, 1.54) is 31.4 Å². The van der Waals surface area contributed by atoms with E-state index in [1.54, 1.807) is 0 Å². The Balaban J connectivity index is -0.000000501. The van der Waals surface area contributed by atoms with Crippen molar-refractivity contribution in [1.82, 2.24) is 10.2 Å². The Morgan fingerprint density at radius 2 is 1.58 bits per heavy atom. The van der Waals surface area contributed by atoms with E-state index < -0.39 is 4.92 Å². The number of nitro benzene ring substituents is 1. The highest BCUT2D eigenvalue weighted by Crippen LogP contribution is 2.35. The maximum atomic E-state index is 11.7. The molecule has 1 N–H and O–H groups in total. The molecule has 0 aromatic heterocycles. The van der Waals surface area contributed by atoms with Crippen LogP contribution < -0.4 is 5.32 Å². The third-order valence-corrected chi connectivity index (χ3v) is 4.98. The van der Waals surface area contributed by atoms with Gasteiger partial charge in [0.25, 0.3) is 18.1 Å². The van der Waals surface area contributed by atoms with Crippen molar-refractivity contribution in [3.8, 4) is 0 Å². The van der Waals surface area contributed by atoms with Gasteiger partial charge in [-0.3, -0.25) is 19.7 Å². The number of nitro groups is 1. The SMILES string of the molecule is CC.CC(C)(C)C(C)(C)C=O.CCN(C)CCNC(=O)c1ccc([N+](=O)[O-])cc1.COC=O.